The molecule has 0 aromatic heterocycles. The highest BCUT2D eigenvalue weighted by Gasteiger charge is 2.37. The van der Waals surface area contributed by atoms with Gasteiger partial charge in [0.2, 0.25) is 6.29 Å². The van der Waals surface area contributed by atoms with E-state index >= 15 is 0 Å². The van der Waals surface area contributed by atoms with E-state index in [1.54, 1.807) is 0 Å². The number of hydrogen-bond donors (Lipinski definition) is 1. The molecule has 0 aliphatic carbocycles. The van der Waals surface area contributed by atoms with Crippen molar-refractivity contribution < 1.29 is 28.5 Å². The van der Waals surface area contributed by atoms with Crippen molar-refractivity contribution in [1.29, 1.82) is 0 Å². The van der Waals surface area contributed by atoms with Gasteiger partial charge >= 0.3 is 11.9 Å². The maximum Gasteiger partial charge on any atom is 0.335 e. The van der Waals surface area contributed by atoms with Crippen LogP contribution in [0, 0.1) is 0 Å². The molecule has 24 heavy (non-hydrogen) atoms. The number of nitrogens with one attached hydrogen (secondary N) is 1. The molecule has 7 nitrogen and oxygen atoms in total. The lowest BCUT2D eigenvalue weighted by Crippen LogP contribution is -2.44. The van der Waals surface area contributed by atoms with Gasteiger partial charge in [0, 0.05) is 31.9 Å². The Labute approximate surface area is 141 Å². The minimum atomic E-state index is -0.824. The van der Waals surface area contributed by atoms with Crippen LogP contribution in [-0.2, 0) is 30.3 Å². The fourth-order valence-electron chi connectivity index (χ4n) is 2.63. The quantitative estimate of drug-likeness (QED) is 0.786. The third kappa shape index (κ3) is 4.94. The van der Waals surface area contributed by atoms with Crippen molar-refractivity contribution in [3.8, 4) is 5.75 Å². The number of hydrogen-bond acceptors (Lipinski definition) is 7. The topological polar surface area (TPSA) is 83.1 Å². The lowest BCUT2D eigenvalue weighted by Gasteiger charge is -2.33. The Kier molecular flexibility index (Phi) is 6.57. The highest BCUT2D eigenvalue weighted by Crippen LogP contribution is 2.27. The first-order chi connectivity index (χ1) is 11.5. The molecule has 132 valence electrons. The highest BCUT2D eigenvalue weighted by atomic mass is 16.7. The van der Waals surface area contributed by atoms with Gasteiger partial charge in [-0.15, -0.1) is 0 Å². The van der Waals surface area contributed by atoms with Crippen LogP contribution in [0.5, 0.6) is 5.75 Å². The van der Waals surface area contributed by atoms with Crippen LogP contribution in [0.25, 0.3) is 0 Å². The molecule has 3 unspecified atom stereocenters. The predicted octanol–water partition coefficient (Wildman–Crippen LogP) is 1.39. The first-order valence-corrected chi connectivity index (χ1v) is 7.83. The van der Waals surface area contributed by atoms with E-state index in [2.05, 4.69) is 5.32 Å². The third-order valence-corrected chi connectivity index (χ3v) is 3.64. The minimum absolute atomic E-state index is 0.254. The summed E-state index contributed by atoms with van der Waals surface area (Å²) in [5.74, 6) is -0.257. The van der Waals surface area contributed by atoms with Crippen molar-refractivity contribution in [1.82, 2.24) is 5.32 Å². The zero-order valence-corrected chi connectivity index (χ0v) is 14.1. The van der Waals surface area contributed by atoms with Gasteiger partial charge in [0.15, 0.2) is 6.10 Å². The summed E-state index contributed by atoms with van der Waals surface area (Å²) >= 11 is 0. The molecule has 1 N–H and O–H groups in total. The van der Waals surface area contributed by atoms with Crippen molar-refractivity contribution in [2.45, 2.75) is 44.8 Å². The van der Waals surface area contributed by atoms with Crippen LogP contribution < -0.4 is 10.1 Å². The van der Waals surface area contributed by atoms with Gasteiger partial charge in [-0.05, 0) is 13.1 Å². The summed E-state index contributed by atoms with van der Waals surface area (Å²) in [7, 11) is 3.14. The van der Waals surface area contributed by atoms with Crippen LogP contribution in [0.1, 0.15) is 25.3 Å². The molecule has 1 aromatic rings. The molecule has 1 saturated heterocycles. The molecule has 1 fully saturated rings. The molecule has 0 amide bonds. The molecule has 2 rings (SSSR count). The van der Waals surface area contributed by atoms with Crippen molar-refractivity contribution in [3.63, 3.8) is 0 Å². The number of rotatable bonds is 6. The number of para-hydroxylation sites is 1. The first-order valence-electron chi connectivity index (χ1n) is 7.83. The number of esters is 2. The summed E-state index contributed by atoms with van der Waals surface area (Å²) < 4.78 is 21.6. The second-order valence-corrected chi connectivity index (χ2v) is 5.54. The number of ether oxygens (including phenoxy) is 4. The molecule has 1 aliphatic heterocycles. The number of carbonyl (C=O) groups excluding carboxylic acids is 2. The molecule has 3 atom stereocenters. The summed E-state index contributed by atoms with van der Waals surface area (Å²) in [4.78, 5) is 23.0. The summed E-state index contributed by atoms with van der Waals surface area (Å²) in [6.45, 7) is 1.97. The van der Waals surface area contributed by atoms with Crippen LogP contribution in [-0.4, -0.2) is 44.6 Å². The van der Waals surface area contributed by atoms with Gasteiger partial charge in [0.1, 0.15) is 11.9 Å². The van der Waals surface area contributed by atoms with E-state index < -0.39 is 30.4 Å². The molecule has 0 bridgehead atoms. The first kappa shape index (κ1) is 18.2. The fraction of sp³-hybridized carbons (Fsp3) is 0.529. The Morgan fingerprint density at radius 3 is 2.71 bits per heavy atom. The van der Waals surface area contributed by atoms with Gasteiger partial charge < -0.3 is 24.3 Å². The van der Waals surface area contributed by atoms with Crippen molar-refractivity contribution in [2.24, 2.45) is 0 Å². The minimum Gasteiger partial charge on any atom is -0.467 e. The molecule has 0 radical (unpaired) electrons. The van der Waals surface area contributed by atoms with E-state index in [1.165, 1.54) is 14.0 Å². The zero-order chi connectivity index (χ0) is 17.5. The van der Waals surface area contributed by atoms with Crippen LogP contribution >= 0.6 is 0 Å². The Bertz CT molecular complexity index is 576. The molecule has 1 aromatic carbocycles. The van der Waals surface area contributed by atoms with Gasteiger partial charge in [-0.2, -0.15) is 0 Å². The second-order valence-electron chi connectivity index (χ2n) is 5.54. The predicted molar refractivity (Wildman–Crippen MR) is 85.3 cm³/mol. The molecular formula is C17H23NO6. The van der Waals surface area contributed by atoms with Crippen molar-refractivity contribution >= 4 is 11.9 Å². The Morgan fingerprint density at radius 1 is 1.29 bits per heavy atom. The monoisotopic (exact) mass is 337 g/mol. The molecule has 0 saturated carbocycles. The van der Waals surface area contributed by atoms with E-state index in [9.17, 15) is 9.59 Å². The van der Waals surface area contributed by atoms with Gasteiger partial charge in [-0.25, -0.2) is 4.79 Å². The molecular weight excluding hydrogens is 314 g/mol. The van der Waals surface area contributed by atoms with Gasteiger partial charge in [-0.3, -0.25) is 4.79 Å². The van der Waals surface area contributed by atoms with Crippen LogP contribution in [0.3, 0.4) is 0 Å². The van der Waals surface area contributed by atoms with E-state index in [1.807, 2.05) is 31.3 Å². The van der Waals surface area contributed by atoms with Crippen LogP contribution in [0.4, 0.5) is 0 Å². The normalized spacial score (nSPS) is 23.4. The Morgan fingerprint density at radius 2 is 2.04 bits per heavy atom. The fourth-order valence-corrected chi connectivity index (χ4v) is 2.63. The summed E-state index contributed by atoms with van der Waals surface area (Å²) in [5.41, 5.74) is 0.966. The Hall–Kier alpha value is -2.12. The summed E-state index contributed by atoms with van der Waals surface area (Å²) in [5, 5.41) is 3.07. The lowest BCUT2D eigenvalue weighted by atomic mass is 10.0. The van der Waals surface area contributed by atoms with Gasteiger partial charge in [0.05, 0.1) is 7.11 Å². The van der Waals surface area contributed by atoms with Crippen LogP contribution in [0.15, 0.2) is 24.3 Å². The van der Waals surface area contributed by atoms with E-state index in [0.717, 1.165) is 5.56 Å². The average Bonchev–Trinajstić information content (AvgIpc) is 2.55. The average molecular weight is 337 g/mol. The van der Waals surface area contributed by atoms with E-state index in [0.29, 0.717) is 18.7 Å². The highest BCUT2D eigenvalue weighted by molar-refractivity contribution is 5.74. The smallest absolute Gasteiger partial charge is 0.335 e. The standard InChI is InChI=1S/C17H23NO6/c1-11(19)22-13-8-15(17(20)21-3)24-16(9-13)23-14-7-5-4-6-12(14)10-18-2/h4-7,13,15-16,18H,8-10H2,1-3H3. The maximum absolute atomic E-state index is 11.8. The number of benzene rings is 1. The largest absolute Gasteiger partial charge is 0.467 e. The molecule has 7 heteroatoms. The Balaban J connectivity index is 2.12. The van der Waals surface area contributed by atoms with Crippen molar-refractivity contribution in [3.05, 3.63) is 29.8 Å². The van der Waals surface area contributed by atoms with Crippen molar-refractivity contribution in [2.75, 3.05) is 14.2 Å². The molecule has 1 aliphatic rings. The third-order valence-electron chi connectivity index (χ3n) is 3.64. The van der Waals surface area contributed by atoms with E-state index in [4.69, 9.17) is 18.9 Å². The van der Waals surface area contributed by atoms with Crippen LogP contribution in [0.2, 0.25) is 0 Å². The number of carbonyl (C=O) groups is 2. The SMILES string of the molecule is CNCc1ccccc1OC1CC(OC(C)=O)CC(C(=O)OC)O1. The second kappa shape index (κ2) is 8.65. The zero-order valence-electron chi connectivity index (χ0n) is 14.1. The molecule has 0 spiro atoms. The lowest BCUT2D eigenvalue weighted by molar-refractivity contribution is -0.204. The summed E-state index contributed by atoms with van der Waals surface area (Å²) in [6, 6.07) is 7.55. The maximum atomic E-state index is 11.8. The molecule has 1 heterocycles. The summed E-state index contributed by atoms with van der Waals surface area (Å²) in [6.07, 6.45) is -1.38. The van der Waals surface area contributed by atoms with Gasteiger partial charge in [0.25, 0.3) is 0 Å². The van der Waals surface area contributed by atoms with Gasteiger partial charge in [-0.1, -0.05) is 18.2 Å². The number of methoxy groups -OCH3 is 1. The van der Waals surface area contributed by atoms with E-state index in [-0.39, 0.29) is 6.42 Å².